The zero-order valence-corrected chi connectivity index (χ0v) is 11.7. The average Bonchev–Trinajstić information content (AvgIpc) is 2.48. The Bertz CT molecular complexity index is 644. The number of benzene rings is 2. The molecular formula is C15H15FN2O3. The van der Waals surface area contributed by atoms with E-state index in [1.54, 1.807) is 24.3 Å². The fourth-order valence-electron chi connectivity index (χ4n) is 1.98. The van der Waals surface area contributed by atoms with Crippen LogP contribution in [-0.4, -0.2) is 12.0 Å². The van der Waals surface area contributed by atoms with Crippen molar-refractivity contribution in [1.29, 1.82) is 0 Å². The van der Waals surface area contributed by atoms with Crippen molar-refractivity contribution in [2.75, 3.05) is 12.4 Å². The van der Waals surface area contributed by atoms with E-state index in [0.717, 1.165) is 5.56 Å². The van der Waals surface area contributed by atoms with E-state index in [4.69, 9.17) is 4.74 Å². The second-order valence-corrected chi connectivity index (χ2v) is 4.56. The van der Waals surface area contributed by atoms with Crippen LogP contribution in [0, 0.1) is 15.9 Å². The summed E-state index contributed by atoms with van der Waals surface area (Å²) >= 11 is 0. The van der Waals surface area contributed by atoms with Gasteiger partial charge in [0.25, 0.3) is 5.69 Å². The minimum absolute atomic E-state index is 0.0664. The second kappa shape index (κ2) is 6.21. The standard InChI is InChI=1S/C15H15FN2O3/c1-10(11-3-5-12(16)6-4-11)17-14-8-7-13(21-2)9-15(14)18(19)20/h3-10,17H,1-2H3. The number of ether oxygens (including phenoxy) is 1. The lowest BCUT2D eigenvalue weighted by Gasteiger charge is -2.16. The van der Waals surface area contributed by atoms with E-state index in [-0.39, 0.29) is 17.5 Å². The Morgan fingerprint density at radius 2 is 1.90 bits per heavy atom. The molecule has 0 fully saturated rings. The maximum absolute atomic E-state index is 12.9. The maximum atomic E-state index is 12.9. The van der Waals surface area contributed by atoms with E-state index in [0.29, 0.717) is 11.4 Å². The van der Waals surface area contributed by atoms with Gasteiger partial charge in [0, 0.05) is 6.04 Å². The summed E-state index contributed by atoms with van der Waals surface area (Å²) in [6.07, 6.45) is 0. The highest BCUT2D eigenvalue weighted by molar-refractivity contribution is 5.64. The van der Waals surface area contributed by atoms with Gasteiger partial charge in [-0.3, -0.25) is 10.1 Å². The molecule has 0 saturated heterocycles. The highest BCUT2D eigenvalue weighted by atomic mass is 19.1. The van der Waals surface area contributed by atoms with Crippen LogP contribution in [-0.2, 0) is 0 Å². The lowest BCUT2D eigenvalue weighted by atomic mass is 10.1. The van der Waals surface area contributed by atoms with E-state index in [1.165, 1.54) is 25.3 Å². The Morgan fingerprint density at radius 3 is 2.48 bits per heavy atom. The van der Waals surface area contributed by atoms with Gasteiger partial charge in [-0.15, -0.1) is 0 Å². The van der Waals surface area contributed by atoms with Crippen molar-refractivity contribution in [3.63, 3.8) is 0 Å². The molecule has 21 heavy (non-hydrogen) atoms. The monoisotopic (exact) mass is 290 g/mol. The quantitative estimate of drug-likeness (QED) is 0.669. The topological polar surface area (TPSA) is 64.4 Å². The minimum atomic E-state index is -0.470. The Balaban J connectivity index is 2.26. The molecule has 2 aromatic carbocycles. The van der Waals surface area contributed by atoms with Gasteiger partial charge in [-0.05, 0) is 36.8 Å². The van der Waals surface area contributed by atoms with Crippen LogP contribution in [0.2, 0.25) is 0 Å². The van der Waals surface area contributed by atoms with Crippen LogP contribution in [0.5, 0.6) is 5.75 Å². The summed E-state index contributed by atoms with van der Waals surface area (Å²) in [5.41, 5.74) is 1.16. The molecule has 0 saturated carbocycles. The van der Waals surface area contributed by atoms with Crippen LogP contribution in [0.3, 0.4) is 0 Å². The molecule has 0 heterocycles. The van der Waals surface area contributed by atoms with Crippen molar-refractivity contribution in [2.24, 2.45) is 0 Å². The highest BCUT2D eigenvalue weighted by Gasteiger charge is 2.17. The van der Waals surface area contributed by atoms with E-state index in [9.17, 15) is 14.5 Å². The van der Waals surface area contributed by atoms with Crippen LogP contribution >= 0.6 is 0 Å². The minimum Gasteiger partial charge on any atom is -0.496 e. The number of hydrogen-bond acceptors (Lipinski definition) is 4. The largest absolute Gasteiger partial charge is 0.496 e. The van der Waals surface area contributed by atoms with Gasteiger partial charge in [-0.2, -0.15) is 0 Å². The fraction of sp³-hybridized carbons (Fsp3) is 0.200. The van der Waals surface area contributed by atoms with Crippen molar-refractivity contribution in [3.8, 4) is 5.75 Å². The fourth-order valence-corrected chi connectivity index (χ4v) is 1.98. The van der Waals surface area contributed by atoms with Gasteiger partial charge < -0.3 is 10.1 Å². The predicted octanol–water partition coefficient (Wildman–Crippen LogP) is 3.92. The molecule has 0 aliphatic heterocycles. The molecule has 0 spiro atoms. The summed E-state index contributed by atoms with van der Waals surface area (Å²) in [6.45, 7) is 1.85. The molecule has 0 bridgehead atoms. The van der Waals surface area contributed by atoms with E-state index in [1.807, 2.05) is 6.92 Å². The predicted molar refractivity (Wildman–Crippen MR) is 78.1 cm³/mol. The first kappa shape index (κ1) is 14.8. The van der Waals surface area contributed by atoms with E-state index in [2.05, 4.69) is 5.32 Å². The zero-order valence-electron chi connectivity index (χ0n) is 11.7. The molecule has 0 aromatic heterocycles. The maximum Gasteiger partial charge on any atom is 0.296 e. The first-order chi connectivity index (χ1) is 10.0. The number of nitrogens with one attached hydrogen (secondary N) is 1. The van der Waals surface area contributed by atoms with Crippen molar-refractivity contribution < 1.29 is 14.1 Å². The molecule has 0 amide bonds. The number of hydrogen-bond donors (Lipinski definition) is 1. The zero-order chi connectivity index (χ0) is 15.4. The van der Waals surface area contributed by atoms with Crippen LogP contribution < -0.4 is 10.1 Å². The SMILES string of the molecule is COc1ccc(NC(C)c2ccc(F)cc2)c([N+](=O)[O-])c1. The Kier molecular flexibility index (Phi) is 4.37. The van der Waals surface area contributed by atoms with Crippen LogP contribution in [0.15, 0.2) is 42.5 Å². The van der Waals surface area contributed by atoms with Gasteiger partial charge in [-0.25, -0.2) is 4.39 Å². The molecule has 1 atom stereocenters. The van der Waals surface area contributed by atoms with Gasteiger partial charge in [0.15, 0.2) is 0 Å². The summed E-state index contributed by atoms with van der Waals surface area (Å²) in [5, 5.41) is 14.2. The molecule has 0 aliphatic carbocycles. The lowest BCUT2D eigenvalue weighted by Crippen LogP contribution is -2.08. The third-order valence-corrected chi connectivity index (χ3v) is 3.14. The number of methoxy groups -OCH3 is 1. The molecule has 0 aliphatic rings. The molecule has 6 heteroatoms. The van der Waals surface area contributed by atoms with Gasteiger partial charge in [0.1, 0.15) is 17.3 Å². The summed E-state index contributed by atoms with van der Waals surface area (Å²) in [6, 6.07) is 10.4. The number of halogens is 1. The van der Waals surface area contributed by atoms with E-state index >= 15 is 0 Å². The number of rotatable bonds is 5. The van der Waals surface area contributed by atoms with Gasteiger partial charge in [0.2, 0.25) is 0 Å². The average molecular weight is 290 g/mol. The van der Waals surface area contributed by atoms with Gasteiger partial charge in [-0.1, -0.05) is 12.1 Å². The third kappa shape index (κ3) is 3.47. The highest BCUT2D eigenvalue weighted by Crippen LogP contribution is 2.31. The van der Waals surface area contributed by atoms with E-state index < -0.39 is 4.92 Å². The lowest BCUT2D eigenvalue weighted by molar-refractivity contribution is -0.384. The second-order valence-electron chi connectivity index (χ2n) is 4.56. The number of nitro benzene ring substituents is 1. The van der Waals surface area contributed by atoms with Crippen LogP contribution in [0.4, 0.5) is 15.8 Å². The van der Waals surface area contributed by atoms with Crippen molar-refractivity contribution in [1.82, 2.24) is 0 Å². The van der Waals surface area contributed by atoms with Crippen LogP contribution in [0.1, 0.15) is 18.5 Å². The Hall–Kier alpha value is -2.63. The summed E-state index contributed by atoms with van der Waals surface area (Å²) in [5.74, 6) is 0.100. The van der Waals surface area contributed by atoms with Crippen molar-refractivity contribution in [3.05, 3.63) is 64.0 Å². The molecule has 1 N–H and O–H groups in total. The Labute approximate surface area is 121 Å². The molecule has 2 rings (SSSR count). The van der Waals surface area contributed by atoms with Crippen molar-refractivity contribution in [2.45, 2.75) is 13.0 Å². The summed E-state index contributed by atoms with van der Waals surface area (Å²) in [4.78, 5) is 10.6. The smallest absolute Gasteiger partial charge is 0.296 e. The third-order valence-electron chi connectivity index (χ3n) is 3.14. The molecule has 5 nitrogen and oxygen atoms in total. The molecular weight excluding hydrogens is 275 g/mol. The molecule has 1 unspecified atom stereocenters. The first-order valence-electron chi connectivity index (χ1n) is 6.35. The molecule has 110 valence electrons. The van der Waals surface area contributed by atoms with Gasteiger partial charge >= 0.3 is 0 Å². The first-order valence-corrected chi connectivity index (χ1v) is 6.35. The number of nitrogens with zero attached hydrogens (tertiary/aromatic N) is 1. The normalized spacial score (nSPS) is 11.8. The summed E-state index contributed by atoms with van der Waals surface area (Å²) in [7, 11) is 1.45. The molecule has 2 aromatic rings. The summed E-state index contributed by atoms with van der Waals surface area (Å²) < 4.78 is 17.9. The molecule has 0 radical (unpaired) electrons. The van der Waals surface area contributed by atoms with Crippen molar-refractivity contribution >= 4 is 11.4 Å². The number of nitro groups is 1. The number of anilines is 1. The van der Waals surface area contributed by atoms with Crippen LogP contribution in [0.25, 0.3) is 0 Å². The van der Waals surface area contributed by atoms with Gasteiger partial charge in [0.05, 0.1) is 18.1 Å². The Morgan fingerprint density at radius 1 is 1.24 bits per heavy atom.